The van der Waals surface area contributed by atoms with E-state index in [1.165, 1.54) is 7.11 Å². The number of methoxy groups -OCH3 is 1. The van der Waals surface area contributed by atoms with Gasteiger partial charge in [0.1, 0.15) is 0 Å². The fourth-order valence-corrected chi connectivity index (χ4v) is 4.43. The van der Waals surface area contributed by atoms with Crippen LogP contribution in [0.1, 0.15) is 19.8 Å². The molecule has 0 unspecified atom stereocenters. The molecule has 0 saturated heterocycles. The summed E-state index contributed by atoms with van der Waals surface area (Å²) in [6.07, 6.45) is 1.49. The van der Waals surface area contributed by atoms with E-state index < -0.39 is 8.32 Å². The van der Waals surface area contributed by atoms with Crippen LogP contribution in [0.4, 0.5) is 5.69 Å². The largest absolute Gasteiger partial charge is 0.469 e. The molecule has 0 fully saturated rings. The molecule has 22 heavy (non-hydrogen) atoms. The molecular formula is C17H29NO3Si. The predicted molar refractivity (Wildman–Crippen MR) is 93.8 cm³/mol. The Morgan fingerprint density at radius 2 is 1.86 bits per heavy atom. The molecule has 0 aliphatic heterocycles. The Kier molecular flexibility index (Phi) is 8.20. The number of carbonyl (C=O) groups is 1. The van der Waals surface area contributed by atoms with E-state index >= 15 is 0 Å². The number of carbonyl (C=O) groups excluding carboxylic acids is 1. The van der Waals surface area contributed by atoms with Crippen LogP contribution in [-0.4, -0.2) is 41.1 Å². The molecule has 0 bridgehead atoms. The Bertz CT molecular complexity index is 437. The summed E-state index contributed by atoms with van der Waals surface area (Å²) in [6.45, 7) is 9.00. The van der Waals surface area contributed by atoms with Gasteiger partial charge in [0.05, 0.1) is 13.5 Å². The zero-order chi connectivity index (χ0) is 16.4. The van der Waals surface area contributed by atoms with Gasteiger partial charge in [-0.25, -0.2) is 0 Å². The molecule has 1 aromatic rings. The van der Waals surface area contributed by atoms with E-state index in [0.717, 1.165) is 31.3 Å². The molecule has 0 saturated carbocycles. The first-order chi connectivity index (χ1) is 10.5. The second kappa shape index (κ2) is 9.64. The number of nitrogens with zero attached hydrogens (tertiary/aromatic N) is 1. The van der Waals surface area contributed by atoms with Crippen molar-refractivity contribution in [1.29, 1.82) is 0 Å². The number of anilines is 1. The highest BCUT2D eigenvalue weighted by atomic mass is 28.4. The summed E-state index contributed by atoms with van der Waals surface area (Å²) in [7, 11) is -0.105. The molecule has 0 N–H and O–H groups in total. The van der Waals surface area contributed by atoms with Gasteiger partial charge in [0.2, 0.25) is 0 Å². The van der Waals surface area contributed by atoms with Crippen LogP contribution in [0, 0.1) is 0 Å². The molecule has 0 aromatic heterocycles. The highest BCUT2D eigenvalue weighted by Gasteiger charge is 2.21. The summed E-state index contributed by atoms with van der Waals surface area (Å²) in [5, 5.41) is 0. The minimum Gasteiger partial charge on any atom is -0.469 e. The fraction of sp³-hybridized carbons (Fsp3) is 0.588. The molecule has 1 rings (SSSR count). The lowest BCUT2D eigenvalue weighted by atomic mass is 10.2. The van der Waals surface area contributed by atoms with E-state index in [1.807, 2.05) is 18.2 Å². The van der Waals surface area contributed by atoms with Crippen LogP contribution in [0.15, 0.2) is 30.3 Å². The Morgan fingerprint density at radius 1 is 1.18 bits per heavy atom. The highest BCUT2D eigenvalue weighted by molar-refractivity contribution is 6.71. The van der Waals surface area contributed by atoms with Crippen molar-refractivity contribution in [1.82, 2.24) is 0 Å². The molecule has 0 heterocycles. The van der Waals surface area contributed by atoms with Crippen LogP contribution in [0.2, 0.25) is 19.1 Å². The van der Waals surface area contributed by atoms with Crippen molar-refractivity contribution < 1.29 is 14.0 Å². The third-order valence-electron chi connectivity index (χ3n) is 3.68. The Balaban J connectivity index is 2.57. The first kappa shape index (κ1) is 18.7. The molecule has 4 nitrogen and oxygen atoms in total. The normalized spacial score (nSPS) is 11.3. The first-order valence-electron chi connectivity index (χ1n) is 7.99. The quantitative estimate of drug-likeness (QED) is 0.486. The number of rotatable bonds is 10. The van der Waals surface area contributed by atoms with Gasteiger partial charge in [-0.05, 0) is 44.6 Å². The summed E-state index contributed by atoms with van der Waals surface area (Å²) in [6, 6.07) is 11.4. The van der Waals surface area contributed by atoms with Crippen molar-refractivity contribution in [3.63, 3.8) is 0 Å². The second-order valence-corrected chi connectivity index (χ2v) is 10.3. The van der Waals surface area contributed by atoms with Crippen molar-refractivity contribution in [2.45, 2.75) is 38.9 Å². The topological polar surface area (TPSA) is 38.8 Å². The molecular weight excluding hydrogens is 294 g/mol. The van der Waals surface area contributed by atoms with E-state index in [-0.39, 0.29) is 5.97 Å². The van der Waals surface area contributed by atoms with Gasteiger partial charge in [-0.3, -0.25) is 4.79 Å². The van der Waals surface area contributed by atoms with Crippen molar-refractivity contribution >= 4 is 20.0 Å². The maximum Gasteiger partial charge on any atom is 0.307 e. The van der Waals surface area contributed by atoms with Crippen molar-refractivity contribution in [3.05, 3.63) is 30.3 Å². The van der Waals surface area contributed by atoms with Crippen molar-refractivity contribution in [2.75, 3.05) is 31.7 Å². The van der Waals surface area contributed by atoms with Crippen LogP contribution in [0.25, 0.3) is 0 Å². The maximum atomic E-state index is 11.4. The lowest BCUT2D eigenvalue weighted by Gasteiger charge is -2.27. The molecule has 0 spiro atoms. The monoisotopic (exact) mass is 323 g/mol. The zero-order valence-corrected chi connectivity index (χ0v) is 15.3. The van der Waals surface area contributed by atoms with E-state index in [2.05, 4.69) is 37.1 Å². The minimum atomic E-state index is -1.54. The third kappa shape index (κ3) is 7.09. The Morgan fingerprint density at radius 3 is 2.45 bits per heavy atom. The lowest BCUT2D eigenvalue weighted by Crippen LogP contribution is -2.33. The van der Waals surface area contributed by atoms with Gasteiger partial charge in [0.25, 0.3) is 0 Å². The summed E-state index contributed by atoms with van der Waals surface area (Å²) in [5.41, 5.74) is 1.15. The first-order valence-corrected chi connectivity index (χ1v) is 11.1. The minimum absolute atomic E-state index is 0.162. The van der Waals surface area contributed by atoms with Crippen LogP contribution in [-0.2, 0) is 14.0 Å². The molecule has 0 radical (unpaired) electrons. The van der Waals surface area contributed by atoms with Gasteiger partial charge < -0.3 is 14.1 Å². The number of hydrogen-bond acceptors (Lipinski definition) is 4. The van der Waals surface area contributed by atoms with Gasteiger partial charge in [-0.2, -0.15) is 0 Å². The number of hydrogen-bond donors (Lipinski definition) is 0. The maximum absolute atomic E-state index is 11.4. The molecule has 0 aliphatic carbocycles. The fourth-order valence-electron chi connectivity index (χ4n) is 2.50. The SMILES string of the molecule is CCO[Si](C)(C)CCCN(CCC(=O)OC)c1ccccc1. The molecule has 124 valence electrons. The number of esters is 1. The van der Waals surface area contributed by atoms with Crippen LogP contribution in [0.5, 0.6) is 0 Å². The van der Waals surface area contributed by atoms with Gasteiger partial charge in [0.15, 0.2) is 8.32 Å². The second-order valence-electron chi connectivity index (χ2n) is 5.94. The smallest absolute Gasteiger partial charge is 0.307 e. The number of benzene rings is 1. The van der Waals surface area contributed by atoms with Crippen LogP contribution in [0.3, 0.4) is 0 Å². The van der Waals surface area contributed by atoms with Crippen LogP contribution >= 0.6 is 0 Å². The molecule has 0 amide bonds. The predicted octanol–water partition coefficient (Wildman–Crippen LogP) is 3.69. The molecule has 0 atom stereocenters. The van der Waals surface area contributed by atoms with Crippen molar-refractivity contribution in [3.8, 4) is 0 Å². The zero-order valence-electron chi connectivity index (χ0n) is 14.3. The lowest BCUT2D eigenvalue weighted by molar-refractivity contribution is -0.140. The van der Waals surface area contributed by atoms with E-state index in [1.54, 1.807) is 0 Å². The number of ether oxygens (including phenoxy) is 1. The summed E-state index contributed by atoms with van der Waals surface area (Å²) >= 11 is 0. The summed E-state index contributed by atoms with van der Waals surface area (Å²) in [5.74, 6) is -0.162. The number of para-hydroxylation sites is 1. The highest BCUT2D eigenvalue weighted by Crippen LogP contribution is 2.18. The average Bonchev–Trinajstić information content (AvgIpc) is 2.51. The van der Waals surface area contributed by atoms with E-state index in [9.17, 15) is 4.79 Å². The summed E-state index contributed by atoms with van der Waals surface area (Å²) < 4.78 is 10.6. The van der Waals surface area contributed by atoms with Crippen LogP contribution < -0.4 is 4.90 Å². The average molecular weight is 324 g/mol. The Hall–Kier alpha value is -1.33. The standard InChI is InChI=1S/C17H29NO3Si/c1-5-21-22(3,4)15-9-13-18(14-12-17(19)20-2)16-10-7-6-8-11-16/h6-8,10-11H,5,9,12-15H2,1-4H3. The third-order valence-corrected chi connectivity index (χ3v) is 6.30. The summed E-state index contributed by atoms with van der Waals surface area (Å²) in [4.78, 5) is 13.7. The Labute approximate surface area is 135 Å². The van der Waals surface area contributed by atoms with Gasteiger partial charge in [0, 0.05) is 25.4 Å². The van der Waals surface area contributed by atoms with E-state index in [4.69, 9.17) is 9.16 Å². The molecule has 0 aliphatic rings. The van der Waals surface area contributed by atoms with Gasteiger partial charge in [-0.1, -0.05) is 18.2 Å². The molecule has 5 heteroatoms. The van der Waals surface area contributed by atoms with Gasteiger partial charge >= 0.3 is 5.97 Å². The van der Waals surface area contributed by atoms with E-state index in [0.29, 0.717) is 13.0 Å². The van der Waals surface area contributed by atoms with Gasteiger partial charge in [-0.15, -0.1) is 0 Å². The van der Waals surface area contributed by atoms with Crippen molar-refractivity contribution in [2.24, 2.45) is 0 Å². The molecule has 1 aromatic carbocycles.